The minimum absolute atomic E-state index is 0.459. The Morgan fingerprint density at radius 3 is 2.65 bits per heavy atom. The Bertz CT molecular complexity index is 396. The zero-order valence-electron chi connectivity index (χ0n) is 13.1. The van der Waals surface area contributed by atoms with E-state index in [9.17, 15) is 0 Å². The maximum atomic E-state index is 5.20. The number of methoxy groups -OCH3 is 1. The van der Waals surface area contributed by atoms with E-state index in [1.165, 1.54) is 15.7 Å². The van der Waals surface area contributed by atoms with Gasteiger partial charge in [0.15, 0.2) is 0 Å². The Balaban J connectivity index is 2.77. The highest BCUT2D eigenvalue weighted by atomic mass is 79.9. The molecule has 114 valence electrons. The van der Waals surface area contributed by atoms with Gasteiger partial charge in [0.05, 0.1) is 6.61 Å². The van der Waals surface area contributed by atoms with Gasteiger partial charge in [-0.1, -0.05) is 28.9 Å². The molecular weight excluding hydrogens is 316 g/mol. The summed E-state index contributed by atoms with van der Waals surface area (Å²) in [5.41, 5.74) is 2.54. The monoisotopic (exact) mass is 342 g/mol. The fourth-order valence-corrected chi connectivity index (χ4v) is 2.64. The van der Waals surface area contributed by atoms with Crippen LogP contribution in [0.1, 0.15) is 32.8 Å². The molecule has 4 heteroatoms. The van der Waals surface area contributed by atoms with Crippen LogP contribution in [0.25, 0.3) is 0 Å². The molecule has 0 saturated carbocycles. The van der Waals surface area contributed by atoms with Crippen LogP contribution in [0.2, 0.25) is 0 Å². The van der Waals surface area contributed by atoms with E-state index in [-0.39, 0.29) is 0 Å². The lowest BCUT2D eigenvalue weighted by Crippen LogP contribution is -2.33. The molecule has 0 fully saturated rings. The first-order valence-electron chi connectivity index (χ1n) is 7.34. The average Bonchev–Trinajstić information content (AvgIpc) is 2.41. The summed E-state index contributed by atoms with van der Waals surface area (Å²) in [4.78, 5) is 2.36. The van der Waals surface area contributed by atoms with E-state index in [2.05, 4.69) is 65.1 Å². The van der Waals surface area contributed by atoms with Crippen molar-refractivity contribution in [2.75, 3.05) is 31.7 Å². The van der Waals surface area contributed by atoms with E-state index in [1.807, 2.05) is 0 Å². The Morgan fingerprint density at radius 2 is 2.10 bits per heavy atom. The molecule has 0 atom stereocenters. The minimum Gasteiger partial charge on any atom is -0.383 e. The standard InChI is InChI=1S/C16H27BrN2O/c1-5-8-18-12-14-6-7-15(11-16(14)17)19(13(2)3)9-10-20-4/h6-7,11,13,18H,5,8-10,12H2,1-4H3. The summed E-state index contributed by atoms with van der Waals surface area (Å²) in [7, 11) is 1.75. The van der Waals surface area contributed by atoms with Gasteiger partial charge in [0.2, 0.25) is 0 Å². The summed E-state index contributed by atoms with van der Waals surface area (Å²) in [5, 5.41) is 3.43. The lowest BCUT2D eigenvalue weighted by Gasteiger charge is -2.29. The van der Waals surface area contributed by atoms with Crippen molar-refractivity contribution in [1.82, 2.24) is 5.32 Å². The van der Waals surface area contributed by atoms with Crippen LogP contribution in [0.4, 0.5) is 5.69 Å². The quantitative estimate of drug-likeness (QED) is 0.690. The van der Waals surface area contributed by atoms with Crippen LogP contribution in [-0.4, -0.2) is 32.8 Å². The maximum absolute atomic E-state index is 5.20. The highest BCUT2D eigenvalue weighted by molar-refractivity contribution is 9.10. The zero-order chi connectivity index (χ0) is 15.0. The van der Waals surface area contributed by atoms with Crippen molar-refractivity contribution < 1.29 is 4.74 Å². The van der Waals surface area contributed by atoms with Crippen molar-refractivity contribution in [3.8, 4) is 0 Å². The van der Waals surface area contributed by atoms with Crippen LogP contribution in [0.5, 0.6) is 0 Å². The highest BCUT2D eigenvalue weighted by Crippen LogP contribution is 2.25. The molecule has 1 N–H and O–H groups in total. The van der Waals surface area contributed by atoms with Gasteiger partial charge >= 0.3 is 0 Å². The van der Waals surface area contributed by atoms with Gasteiger partial charge in [0.1, 0.15) is 0 Å². The van der Waals surface area contributed by atoms with E-state index in [4.69, 9.17) is 4.74 Å². The molecule has 0 aliphatic carbocycles. The molecule has 0 radical (unpaired) electrons. The van der Waals surface area contributed by atoms with Gasteiger partial charge in [-0.25, -0.2) is 0 Å². The largest absolute Gasteiger partial charge is 0.383 e. The Hall–Kier alpha value is -0.580. The number of hydrogen-bond acceptors (Lipinski definition) is 3. The fraction of sp³-hybridized carbons (Fsp3) is 0.625. The van der Waals surface area contributed by atoms with E-state index >= 15 is 0 Å². The summed E-state index contributed by atoms with van der Waals surface area (Å²) in [5.74, 6) is 0. The van der Waals surface area contributed by atoms with Crippen molar-refractivity contribution in [3.05, 3.63) is 28.2 Å². The molecule has 1 aromatic rings. The third kappa shape index (κ3) is 5.43. The fourth-order valence-electron chi connectivity index (χ4n) is 2.13. The number of ether oxygens (including phenoxy) is 1. The predicted molar refractivity (Wildman–Crippen MR) is 90.5 cm³/mol. The topological polar surface area (TPSA) is 24.5 Å². The van der Waals surface area contributed by atoms with Gasteiger partial charge in [0, 0.05) is 36.4 Å². The lowest BCUT2D eigenvalue weighted by molar-refractivity contribution is 0.204. The van der Waals surface area contributed by atoms with Crippen LogP contribution in [0.3, 0.4) is 0 Å². The van der Waals surface area contributed by atoms with Gasteiger partial charge in [-0.2, -0.15) is 0 Å². The smallest absolute Gasteiger partial charge is 0.0637 e. The van der Waals surface area contributed by atoms with E-state index in [1.54, 1.807) is 7.11 Å². The van der Waals surface area contributed by atoms with Gasteiger partial charge in [0.25, 0.3) is 0 Å². The third-order valence-electron chi connectivity index (χ3n) is 3.27. The Morgan fingerprint density at radius 1 is 1.35 bits per heavy atom. The number of rotatable bonds is 9. The maximum Gasteiger partial charge on any atom is 0.0637 e. The number of anilines is 1. The zero-order valence-corrected chi connectivity index (χ0v) is 14.7. The van der Waals surface area contributed by atoms with Gasteiger partial charge in [-0.3, -0.25) is 0 Å². The highest BCUT2D eigenvalue weighted by Gasteiger charge is 2.11. The van der Waals surface area contributed by atoms with E-state index < -0.39 is 0 Å². The number of benzene rings is 1. The van der Waals surface area contributed by atoms with Crippen molar-refractivity contribution in [1.29, 1.82) is 0 Å². The van der Waals surface area contributed by atoms with Crippen molar-refractivity contribution in [2.45, 2.75) is 39.8 Å². The minimum atomic E-state index is 0.459. The van der Waals surface area contributed by atoms with Gasteiger partial charge < -0.3 is 15.0 Å². The Labute approximate surface area is 131 Å². The summed E-state index contributed by atoms with van der Waals surface area (Å²) in [6, 6.07) is 7.06. The van der Waals surface area contributed by atoms with Gasteiger partial charge in [-0.05, 0) is 44.5 Å². The second-order valence-corrected chi connectivity index (χ2v) is 6.09. The van der Waals surface area contributed by atoms with Crippen molar-refractivity contribution >= 4 is 21.6 Å². The lowest BCUT2D eigenvalue weighted by atomic mass is 10.1. The molecule has 0 unspecified atom stereocenters. The molecule has 0 aliphatic heterocycles. The van der Waals surface area contributed by atoms with Crippen LogP contribution >= 0.6 is 15.9 Å². The molecule has 0 bridgehead atoms. The first kappa shape index (κ1) is 17.5. The average molecular weight is 343 g/mol. The molecule has 20 heavy (non-hydrogen) atoms. The second kappa shape index (κ2) is 9.37. The molecule has 0 aliphatic rings. The molecule has 1 rings (SSSR count). The molecule has 0 amide bonds. The first-order valence-corrected chi connectivity index (χ1v) is 8.14. The van der Waals surface area contributed by atoms with Crippen LogP contribution < -0.4 is 10.2 Å². The predicted octanol–water partition coefficient (Wildman–Crippen LogP) is 3.81. The number of halogens is 1. The SMILES string of the molecule is CCCNCc1ccc(N(CCOC)C(C)C)cc1Br. The summed E-state index contributed by atoms with van der Waals surface area (Å²) < 4.78 is 6.37. The molecule has 0 heterocycles. The Kier molecular flexibility index (Phi) is 8.19. The normalized spacial score (nSPS) is 11.1. The summed E-state index contributed by atoms with van der Waals surface area (Å²) >= 11 is 3.69. The number of nitrogens with one attached hydrogen (secondary N) is 1. The van der Waals surface area contributed by atoms with Crippen molar-refractivity contribution in [2.24, 2.45) is 0 Å². The summed E-state index contributed by atoms with van der Waals surface area (Å²) in [6.07, 6.45) is 1.16. The molecule has 0 aromatic heterocycles. The third-order valence-corrected chi connectivity index (χ3v) is 4.01. The number of nitrogens with zero attached hydrogens (tertiary/aromatic N) is 1. The first-order chi connectivity index (χ1) is 9.60. The molecule has 0 saturated heterocycles. The summed E-state index contributed by atoms with van der Waals surface area (Å²) in [6.45, 7) is 10.2. The van der Waals surface area contributed by atoms with Crippen LogP contribution in [0, 0.1) is 0 Å². The number of hydrogen-bond donors (Lipinski definition) is 1. The molecule has 3 nitrogen and oxygen atoms in total. The van der Waals surface area contributed by atoms with Gasteiger partial charge in [-0.15, -0.1) is 0 Å². The molecule has 0 spiro atoms. The molecule has 1 aromatic carbocycles. The molecular formula is C16H27BrN2O. The van der Waals surface area contributed by atoms with Crippen molar-refractivity contribution in [3.63, 3.8) is 0 Å². The van der Waals surface area contributed by atoms with E-state index in [0.29, 0.717) is 6.04 Å². The van der Waals surface area contributed by atoms with E-state index in [0.717, 1.165) is 32.7 Å². The van der Waals surface area contributed by atoms with Crippen LogP contribution in [0.15, 0.2) is 22.7 Å². The second-order valence-electron chi connectivity index (χ2n) is 5.23. The van der Waals surface area contributed by atoms with Crippen LogP contribution in [-0.2, 0) is 11.3 Å².